The zero-order chi connectivity index (χ0) is 15.8. The lowest BCUT2D eigenvalue weighted by Crippen LogP contribution is -2.73. The molecule has 2 atom stereocenters. The van der Waals surface area contributed by atoms with E-state index in [2.05, 4.69) is 5.32 Å². The molecular weight excluding hydrogens is 264 g/mol. The molecule has 0 aromatic heterocycles. The molecule has 21 heavy (non-hydrogen) atoms. The molecule has 0 radical (unpaired) electrons. The molecule has 2 amide bonds. The Labute approximate surface area is 126 Å². The minimum absolute atomic E-state index is 0.00645. The summed E-state index contributed by atoms with van der Waals surface area (Å²) in [5.41, 5.74) is -0.996. The highest BCUT2D eigenvalue weighted by atomic mass is 16.2. The van der Waals surface area contributed by atoms with E-state index in [4.69, 9.17) is 0 Å². The molecule has 1 saturated heterocycles. The maximum Gasteiger partial charge on any atom is 0.251 e. The monoisotopic (exact) mass is 288 g/mol. The fraction of sp³-hybridized carbons (Fsp3) is 0.529. The topological polar surface area (TPSA) is 49.4 Å². The van der Waals surface area contributed by atoms with Crippen LogP contribution in [0.4, 0.5) is 0 Å². The SMILES string of the molecule is CCC(C)N1C(=O)C(C)(C)NC(=O)C1(C)c1ccccc1. The van der Waals surface area contributed by atoms with Gasteiger partial charge in [-0.3, -0.25) is 9.59 Å². The van der Waals surface area contributed by atoms with E-state index in [1.54, 1.807) is 18.7 Å². The zero-order valence-corrected chi connectivity index (χ0v) is 13.4. The molecule has 1 heterocycles. The van der Waals surface area contributed by atoms with Crippen molar-refractivity contribution in [2.45, 2.75) is 58.2 Å². The van der Waals surface area contributed by atoms with Crippen molar-refractivity contribution in [1.82, 2.24) is 10.2 Å². The number of nitrogens with one attached hydrogen (secondary N) is 1. The first-order valence-corrected chi connectivity index (χ1v) is 7.47. The van der Waals surface area contributed by atoms with Gasteiger partial charge in [0.2, 0.25) is 5.91 Å². The van der Waals surface area contributed by atoms with Gasteiger partial charge in [0.25, 0.3) is 5.91 Å². The third kappa shape index (κ3) is 2.33. The second kappa shape index (κ2) is 5.17. The van der Waals surface area contributed by atoms with Crippen molar-refractivity contribution in [3.05, 3.63) is 35.9 Å². The zero-order valence-electron chi connectivity index (χ0n) is 13.4. The molecule has 1 N–H and O–H groups in total. The Morgan fingerprint density at radius 2 is 1.71 bits per heavy atom. The van der Waals surface area contributed by atoms with Crippen molar-refractivity contribution in [3.63, 3.8) is 0 Å². The van der Waals surface area contributed by atoms with Gasteiger partial charge in [0, 0.05) is 6.04 Å². The number of hydrogen-bond acceptors (Lipinski definition) is 2. The third-order valence-corrected chi connectivity index (χ3v) is 4.47. The van der Waals surface area contributed by atoms with E-state index in [0.717, 1.165) is 12.0 Å². The van der Waals surface area contributed by atoms with Gasteiger partial charge in [-0.1, -0.05) is 37.3 Å². The number of rotatable bonds is 3. The standard InChI is InChI=1S/C17H24N2O2/c1-6-12(2)19-15(21)16(3,4)18-14(20)17(19,5)13-10-8-7-9-11-13/h7-12H,6H2,1-5H3,(H,18,20). The first kappa shape index (κ1) is 15.5. The van der Waals surface area contributed by atoms with Crippen LogP contribution in [0, 0.1) is 0 Å². The van der Waals surface area contributed by atoms with Crippen LogP contribution in [0.5, 0.6) is 0 Å². The summed E-state index contributed by atoms with van der Waals surface area (Å²) >= 11 is 0. The molecule has 1 aliphatic rings. The van der Waals surface area contributed by atoms with Crippen LogP contribution >= 0.6 is 0 Å². The van der Waals surface area contributed by atoms with Gasteiger partial charge in [-0.25, -0.2) is 0 Å². The van der Waals surface area contributed by atoms with Gasteiger partial charge in [-0.05, 0) is 39.7 Å². The Morgan fingerprint density at radius 3 is 2.24 bits per heavy atom. The molecule has 0 bridgehead atoms. The van der Waals surface area contributed by atoms with Gasteiger partial charge < -0.3 is 10.2 Å². The Balaban J connectivity index is 2.60. The highest BCUT2D eigenvalue weighted by Gasteiger charge is 2.54. The molecular formula is C17H24N2O2. The normalized spacial score (nSPS) is 26.4. The lowest BCUT2D eigenvalue weighted by Gasteiger charge is -2.51. The summed E-state index contributed by atoms with van der Waals surface area (Å²) in [5, 5.41) is 2.87. The second-order valence-electron chi connectivity index (χ2n) is 6.45. The van der Waals surface area contributed by atoms with Gasteiger partial charge >= 0.3 is 0 Å². The first-order valence-electron chi connectivity index (χ1n) is 7.47. The van der Waals surface area contributed by atoms with Gasteiger partial charge in [0.15, 0.2) is 0 Å². The largest absolute Gasteiger partial charge is 0.340 e. The number of benzene rings is 1. The maximum absolute atomic E-state index is 12.9. The molecule has 2 unspecified atom stereocenters. The molecule has 114 valence electrons. The lowest BCUT2D eigenvalue weighted by atomic mass is 9.81. The molecule has 1 aliphatic heterocycles. The van der Waals surface area contributed by atoms with E-state index >= 15 is 0 Å². The second-order valence-corrected chi connectivity index (χ2v) is 6.45. The molecule has 4 nitrogen and oxygen atoms in total. The van der Waals surface area contributed by atoms with Gasteiger partial charge in [-0.2, -0.15) is 0 Å². The van der Waals surface area contributed by atoms with Crippen molar-refractivity contribution in [3.8, 4) is 0 Å². The smallest absolute Gasteiger partial charge is 0.251 e. The van der Waals surface area contributed by atoms with Crippen molar-refractivity contribution >= 4 is 11.8 Å². The fourth-order valence-corrected chi connectivity index (χ4v) is 2.93. The summed E-state index contributed by atoms with van der Waals surface area (Å²) in [6.45, 7) is 9.37. The van der Waals surface area contributed by atoms with E-state index in [1.807, 2.05) is 51.1 Å². The maximum atomic E-state index is 12.9. The Morgan fingerprint density at radius 1 is 1.14 bits per heavy atom. The van der Waals surface area contributed by atoms with Gasteiger partial charge in [0.1, 0.15) is 11.1 Å². The molecule has 2 rings (SSSR count). The highest BCUT2D eigenvalue weighted by molar-refractivity contribution is 6.02. The van der Waals surface area contributed by atoms with Crippen LogP contribution in [0.15, 0.2) is 30.3 Å². The van der Waals surface area contributed by atoms with Crippen molar-refractivity contribution in [1.29, 1.82) is 0 Å². The minimum Gasteiger partial charge on any atom is -0.340 e. The average Bonchev–Trinajstić information content (AvgIpc) is 2.46. The average molecular weight is 288 g/mol. The summed E-state index contributed by atoms with van der Waals surface area (Å²) in [6, 6.07) is 9.50. The predicted octanol–water partition coefficient (Wildman–Crippen LogP) is 2.44. The quantitative estimate of drug-likeness (QED) is 0.928. The Hall–Kier alpha value is -1.84. The molecule has 4 heteroatoms. The lowest BCUT2D eigenvalue weighted by molar-refractivity contribution is -0.165. The van der Waals surface area contributed by atoms with E-state index in [1.165, 1.54) is 0 Å². The number of piperazine rings is 1. The van der Waals surface area contributed by atoms with Crippen LogP contribution in [0.25, 0.3) is 0 Å². The summed E-state index contributed by atoms with van der Waals surface area (Å²) in [5.74, 6) is -0.165. The number of nitrogens with zero attached hydrogens (tertiary/aromatic N) is 1. The molecule has 0 aliphatic carbocycles. The molecule has 1 aromatic carbocycles. The van der Waals surface area contributed by atoms with Crippen molar-refractivity contribution < 1.29 is 9.59 Å². The Kier molecular flexibility index (Phi) is 3.83. The van der Waals surface area contributed by atoms with Crippen LogP contribution in [0.3, 0.4) is 0 Å². The predicted molar refractivity (Wildman–Crippen MR) is 82.6 cm³/mol. The van der Waals surface area contributed by atoms with E-state index in [0.29, 0.717) is 0 Å². The van der Waals surface area contributed by atoms with E-state index in [-0.39, 0.29) is 17.9 Å². The van der Waals surface area contributed by atoms with E-state index < -0.39 is 11.1 Å². The molecule has 0 spiro atoms. The molecule has 1 fully saturated rings. The summed E-state index contributed by atoms with van der Waals surface area (Å²) in [4.78, 5) is 27.4. The third-order valence-electron chi connectivity index (χ3n) is 4.47. The minimum atomic E-state index is -0.969. The first-order chi connectivity index (χ1) is 9.75. The van der Waals surface area contributed by atoms with Crippen molar-refractivity contribution in [2.75, 3.05) is 0 Å². The summed E-state index contributed by atoms with van der Waals surface area (Å²) in [6.07, 6.45) is 0.803. The number of amides is 2. The van der Waals surface area contributed by atoms with E-state index in [9.17, 15) is 9.59 Å². The summed E-state index contributed by atoms with van der Waals surface area (Å²) in [7, 11) is 0. The molecule has 1 aromatic rings. The van der Waals surface area contributed by atoms with Gasteiger partial charge in [0.05, 0.1) is 0 Å². The van der Waals surface area contributed by atoms with Crippen LogP contribution < -0.4 is 5.32 Å². The Bertz CT molecular complexity index is 553. The summed E-state index contributed by atoms with van der Waals surface area (Å²) < 4.78 is 0. The highest BCUT2D eigenvalue weighted by Crippen LogP contribution is 2.37. The van der Waals surface area contributed by atoms with Crippen LogP contribution in [0.1, 0.15) is 46.6 Å². The van der Waals surface area contributed by atoms with Crippen LogP contribution in [-0.4, -0.2) is 28.3 Å². The van der Waals surface area contributed by atoms with Crippen LogP contribution in [0.2, 0.25) is 0 Å². The number of carbonyl (C=O) groups is 2. The van der Waals surface area contributed by atoms with Crippen LogP contribution in [-0.2, 0) is 15.1 Å². The number of hydrogen-bond donors (Lipinski definition) is 1. The fourth-order valence-electron chi connectivity index (χ4n) is 2.93. The van der Waals surface area contributed by atoms with Gasteiger partial charge in [-0.15, -0.1) is 0 Å². The number of carbonyl (C=O) groups excluding carboxylic acids is 2. The molecule has 0 saturated carbocycles. The van der Waals surface area contributed by atoms with Crippen molar-refractivity contribution in [2.24, 2.45) is 0 Å².